The first-order valence-corrected chi connectivity index (χ1v) is 10.1. The van der Waals surface area contributed by atoms with Crippen molar-refractivity contribution in [3.05, 3.63) is 90.0 Å². The Labute approximate surface area is 188 Å². The monoisotopic (exact) mass is 437 g/mol. The number of para-hydroxylation sites is 1. The number of primary amides is 1. The molecule has 0 heterocycles. The van der Waals surface area contributed by atoms with E-state index in [1.807, 2.05) is 51.1 Å². The summed E-state index contributed by atoms with van der Waals surface area (Å²) in [7, 11) is 0. The molecule has 7 heteroatoms. The number of hydrogen-bond acceptors (Lipinski definition) is 4. The summed E-state index contributed by atoms with van der Waals surface area (Å²) in [5, 5.41) is 2.44. The number of anilines is 2. The molecule has 0 aliphatic heterocycles. The summed E-state index contributed by atoms with van der Waals surface area (Å²) in [4.78, 5) is 35.7. The van der Waals surface area contributed by atoms with Crippen molar-refractivity contribution < 1.29 is 14.4 Å². The lowest BCUT2D eigenvalue weighted by Gasteiger charge is -2.16. The minimum absolute atomic E-state index is 0.333. The minimum Gasteiger partial charge on any atom is -0.351 e. The third kappa shape index (κ3) is 8.36. The van der Waals surface area contributed by atoms with Crippen LogP contribution in [-0.4, -0.2) is 18.3 Å². The first-order chi connectivity index (χ1) is 14.9. The van der Waals surface area contributed by atoms with Gasteiger partial charge in [-0.25, -0.2) is 9.69 Å². The lowest BCUT2D eigenvalue weighted by molar-refractivity contribution is -0.106. The highest BCUT2D eigenvalue weighted by molar-refractivity contribution is 7.80. The van der Waals surface area contributed by atoms with Gasteiger partial charge in [0.1, 0.15) is 0 Å². The summed E-state index contributed by atoms with van der Waals surface area (Å²) in [6, 6.07) is 22.5. The highest BCUT2D eigenvalue weighted by atomic mass is 32.1. The number of carbonyl (C=O) groups is 3. The summed E-state index contributed by atoms with van der Waals surface area (Å²) in [6.45, 7) is 5.84. The maximum Gasteiger partial charge on any atom is 0.316 e. The predicted octanol–water partition coefficient (Wildman–Crippen LogP) is 5.29. The van der Waals surface area contributed by atoms with Gasteiger partial charge in [0.05, 0.1) is 5.69 Å². The number of rotatable bonds is 4. The van der Waals surface area contributed by atoms with Gasteiger partial charge in [-0.05, 0) is 55.0 Å². The molecular formula is C24H27N3O3S. The van der Waals surface area contributed by atoms with Gasteiger partial charge in [0.25, 0.3) is 5.91 Å². The molecule has 0 spiro atoms. The van der Waals surface area contributed by atoms with E-state index in [9.17, 15) is 14.4 Å². The first-order valence-electron chi connectivity index (χ1n) is 9.67. The summed E-state index contributed by atoms with van der Waals surface area (Å²) in [6.07, 6.45) is 0.530. The smallest absolute Gasteiger partial charge is 0.316 e. The largest absolute Gasteiger partial charge is 0.351 e. The minimum atomic E-state index is -0.536. The molecule has 0 bridgehead atoms. The van der Waals surface area contributed by atoms with Crippen molar-refractivity contribution in [2.45, 2.75) is 25.7 Å². The molecule has 0 aliphatic carbocycles. The molecule has 0 aliphatic rings. The van der Waals surface area contributed by atoms with E-state index >= 15 is 0 Å². The molecule has 3 aromatic carbocycles. The number of carbonyl (C=O) groups excluding carboxylic acids is 3. The van der Waals surface area contributed by atoms with Crippen molar-refractivity contribution in [2.75, 3.05) is 10.2 Å². The van der Waals surface area contributed by atoms with Gasteiger partial charge in [-0.1, -0.05) is 50.2 Å². The van der Waals surface area contributed by atoms with Gasteiger partial charge in [-0.3, -0.25) is 9.59 Å². The Morgan fingerprint density at radius 1 is 0.903 bits per heavy atom. The Morgan fingerprint density at radius 3 is 1.97 bits per heavy atom. The van der Waals surface area contributed by atoms with Crippen LogP contribution < -0.4 is 16.0 Å². The number of nitrogens with zero attached hydrogens (tertiary/aromatic N) is 1. The number of urea groups is 1. The van der Waals surface area contributed by atoms with E-state index in [-0.39, 0.29) is 5.91 Å². The molecule has 3 N–H and O–H groups in total. The quantitative estimate of drug-likeness (QED) is 0.382. The Morgan fingerprint density at radius 2 is 1.45 bits per heavy atom. The number of hydrogen-bond donors (Lipinski definition) is 3. The lowest BCUT2D eigenvalue weighted by atomic mass is 10.1. The van der Waals surface area contributed by atoms with Gasteiger partial charge >= 0.3 is 6.03 Å². The van der Waals surface area contributed by atoms with Gasteiger partial charge < -0.3 is 11.1 Å². The number of amides is 4. The molecule has 162 valence electrons. The second-order valence-corrected chi connectivity index (χ2v) is 6.48. The van der Waals surface area contributed by atoms with Crippen LogP contribution in [-0.2, 0) is 4.79 Å². The zero-order valence-corrected chi connectivity index (χ0v) is 18.7. The van der Waals surface area contributed by atoms with Gasteiger partial charge in [0, 0.05) is 16.1 Å². The van der Waals surface area contributed by atoms with Crippen LogP contribution in [0.15, 0.2) is 83.8 Å². The number of nitrogens with one attached hydrogen (secondary N) is 1. The van der Waals surface area contributed by atoms with E-state index < -0.39 is 6.03 Å². The van der Waals surface area contributed by atoms with Crippen LogP contribution in [0.25, 0.3) is 0 Å². The van der Waals surface area contributed by atoms with Crippen molar-refractivity contribution in [3.63, 3.8) is 0 Å². The van der Waals surface area contributed by atoms with Crippen molar-refractivity contribution in [1.82, 2.24) is 0 Å². The van der Waals surface area contributed by atoms with Crippen molar-refractivity contribution in [1.29, 1.82) is 0 Å². The second kappa shape index (κ2) is 13.6. The van der Waals surface area contributed by atoms with Crippen LogP contribution in [0.1, 0.15) is 29.8 Å². The molecule has 31 heavy (non-hydrogen) atoms. The molecule has 4 amide bonds. The average molecular weight is 438 g/mol. The van der Waals surface area contributed by atoms with Gasteiger partial charge in [-0.2, -0.15) is 0 Å². The van der Waals surface area contributed by atoms with Crippen molar-refractivity contribution in [3.8, 4) is 0 Å². The van der Waals surface area contributed by atoms with Crippen LogP contribution in [0, 0.1) is 6.92 Å². The van der Waals surface area contributed by atoms with Crippen molar-refractivity contribution in [2.24, 2.45) is 5.73 Å². The molecule has 3 aromatic rings. The fourth-order valence-electron chi connectivity index (χ4n) is 2.45. The highest BCUT2D eigenvalue weighted by Crippen LogP contribution is 2.19. The normalized spacial score (nSPS) is 9.16. The maximum absolute atomic E-state index is 12.4. The predicted molar refractivity (Wildman–Crippen MR) is 129 cm³/mol. The standard InChI is InChI=1S/C15H13NO2S.C7H8N2O.C2H6/c1-11-4-2-3-5-14(11)15(18)16(10-17)12-6-8-13(19)9-7-12;8-7(10)9-6-4-2-1-3-5-6;1-2/h2-10,19H,1H3;1-5H,(H3,8,9,10);1-2H3. The fourth-order valence-corrected chi connectivity index (χ4v) is 2.59. The third-order valence-electron chi connectivity index (χ3n) is 3.87. The third-order valence-corrected chi connectivity index (χ3v) is 4.17. The van der Waals surface area contributed by atoms with Gasteiger partial charge in [-0.15, -0.1) is 12.6 Å². The van der Waals surface area contributed by atoms with Gasteiger partial charge in [0.15, 0.2) is 0 Å². The molecule has 0 saturated heterocycles. The highest BCUT2D eigenvalue weighted by Gasteiger charge is 2.18. The summed E-state index contributed by atoms with van der Waals surface area (Å²) >= 11 is 4.18. The number of thiol groups is 1. The Bertz CT molecular complexity index is 977. The number of imide groups is 1. The number of nitrogens with two attached hydrogens (primary N) is 1. The average Bonchev–Trinajstić information content (AvgIpc) is 2.78. The summed E-state index contributed by atoms with van der Waals surface area (Å²) in [5.41, 5.74) is 7.48. The topological polar surface area (TPSA) is 92.5 Å². The van der Waals surface area contributed by atoms with E-state index in [0.29, 0.717) is 17.7 Å². The molecule has 0 unspecified atom stereocenters. The van der Waals surface area contributed by atoms with E-state index in [2.05, 4.69) is 17.9 Å². The van der Waals surface area contributed by atoms with E-state index in [1.54, 1.807) is 48.5 Å². The zero-order chi connectivity index (χ0) is 23.2. The van der Waals surface area contributed by atoms with Crippen LogP contribution in [0.4, 0.5) is 16.2 Å². The van der Waals surface area contributed by atoms with Crippen LogP contribution >= 0.6 is 12.6 Å². The zero-order valence-electron chi connectivity index (χ0n) is 17.8. The summed E-state index contributed by atoms with van der Waals surface area (Å²) < 4.78 is 0. The molecule has 0 radical (unpaired) electrons. The lowest BCUT2D eigenvalue weighted by Crippen LogP contribution is -2.29. The van der Waals surface area contributed by atoms with E-state index in [4.69, 9.17) is 5.73 Å². The number of benzene rings is 3. The fraction of sp³-hybridized carbons (Fsp3) is 0.125. The van der Waals surface area contributed by atoms with Gasteiger partial charge in [0.2, 0.25) is 6.41 Å². The van der Waals surface area contributed by atoms with Crippen LogP contribution in [0.2, 0.25) is 0 Å². The van der Waals surface area contributed by atoms with Crippen LogP contribution in [0.3, 0.4) is 0 Å². The van der Waals surface area contributed by atoms with E-state index in [1.165, 1.54) is 0 Å². The number of aryl methyl sites for hydroxylation is 1. The van der Waals surface area contributed by atoms with E-state index in [0.717, 1.165) is 21.0 Å². The molecule has 0 atom stereocenters. The molecule has 3 rings (SSSR count). The SMILES string of the molecule is CC.Cc1ccccc1C(=O)N(C=O)c1ccc(S)cc1.NC(=O)Nc1ccccc1. The molecule has 6 nitrogen and oxygen atoms in total. The molecular weight excluding hydrogens is 410 g/mol. The summed E-state index contributed by atoms with van der Waals surface area (Å²) in [5.74, 6) is -0.333. The maximum atomic E-state index is 12.4. The molecule has 0 saturated carbocycles. The Balaban J connectivity index is 0.000000337. The van der Waals surface area contributed by atoms with Crippen LogP contribution in [0.5, 0.6) is 0 Å². The first kappa shape index (κ1) is 25.5. The second-order valence-electron chi connectivity index (χ2n) is 5.97. The molecule has 0 aromatic heterocycles. The Kier molecular flexibility index (Phi) is 11.2. The Hall–Kier alpha value is -3.58. The van der Waals surface area contributed by atoms with Crippen molar-refractivity contribution >= 4 is 42.4 Å². The molecule has 0 fully saturated rings.